The second kappa shape index (κ2) is 6.36. The maximum absolute atomic E-state index is 3.58. The van der Waals surface area contributed by atoms with Crippen molar-refractivity contribution in [3.8, 4) is 0 Å². The molecule has 0 aliphatic carbocycles. The fourth-order valence-electron chi connectivity index (χ4n) is 2.18. The lowest BCUT2D eigenvalue weighted by molar-refractivity contribution is 0.573. The van der Waals surface area contributed by atoms with E-state index >= 15 is 0 Å². The highest BCUT2D eigenvalue weighted by atomic mass is 79.9. The van der Waals surface area contributed by atoms with E-state index in [1.165, 1.54) is 22.3 Å². The van der Waals surface area contributed by atoms with Crippen LogP contribution in [0.5, 0.6) is 0 Å². The van der Waals surface area contributed by atoms with Gasteiger partial charge in [0.2, 0.25) is 0 Å². The smallest absolute Gasteiger partial charge is 0.0294 e. The first-order valence-corrected chi connectivity index (χ1v) is 7.40. The van der Waals surface area contributed by atoms with Gasteiger partial charge in [0.25, 0.3) is 0 Å². The first-order chi connectivity index (χ1) is 9.06. The van der Waals surface area contributed by atoms with Crippen LogP contribution in [0.3, 0.4) is 0 Å². The van der Waals surface area contributed by atoms with Crippen LogP contribution in [-0.4, -0.2) is 0 Å². The second-order valence-corrected chi connectivity index (χ2v) is 6.00. The maximum atomic E-state index is 3.58. The van der Waals surface area contributed by atoms with Crippen molar-refractivity contribution in [2.75, 3.05) is 0 Å². The number of nitrogens with one attached hydrogen (secondary N) is 1. The van der Waals surface area contributed by atoms with Gasteiger partial charge in [-0.25, -0.2) is 0 Å². The quantitative estimate of drug-likeness (QED) is 0.844. The molecule has 1 atom stereocenters. The second-order valence-electron chi connectivity index (χ2n) is 5.08. The third-order valence-electron chi connectivity index (χ3n) is 3.47. The summed E-state index contributed by atoms with van der Waals surface area (Å²) in [4.78, 5) is 0. The highest BCUT2D eigenvalue weighted by molar-refractivity contribution is 9.10. The predicted octanol–water partition coefficient (Wildman–Crippen LogP) is 4.92. The maximum Gasteiger partial charge on any atom is 0.0294 e. The first kappa shape index (κ1) is 14.3. The molecular formula is C17H20BrN. The van der Waals surface area contributed by atoms with Crippen LogP contribution >= 0.6 is 15.9 Å². The lowest BCUT2D eigenvalue weighted by atomic mass is 10.0. The van der Waals surface area contributed by atoms with Gasteiger partial charge < -0.3 is 5.32 Å². The summed E-state index contributed by atoms with van der Waals surface area (Å²) in [7, 11) is 0. The molecule has 0 saturated carbocycles. The molecular weight excluding hydrogens is 298 g/mol. The van der Waals surface area contributed by atoms with E-state index in [2.05, 4.69) is 84.5 Å². The van der Waals surface area contributed by atoms with Crippen LogP contribution in [0, 0.1) is 13.8 Å². The highest BCUT2D eigenvalue weighted by Crippen LogP contribution is 2.18. The van der Waals surface area contributed by atoms with E-state index in [1.807, 2.05) is 0 Å². The Labute approximate surface area is 124 Å². The van der Waals surface area contributed by atoms with Crippen molar-refractivity contribution in [1.29, 1.82) is 0 Å². The zero-order valence-corrected chi connectivity index (χ0v) is 13.3. The van der Waals surface area contributed by atoms with Gasteiger partial charge in [-0.2, -0.15) is 0 Å². The van der Waals surface area contributed by atoms with Gasteiger partial charge in [-0.15, -0.1) is 0 Å². The van der Waals surface area contributed by atoms with Gasteiger partial charge in [0.15, 0.2) is 0 Å². The van der Waals surface area contributed by atoms with Crippen LogP contribution < -0.4 is 5.32 Å². The van der Waals surface area contributed by atoms with Crippen LogP contribution in [0.25, 0.3) is 0 Å². The summed E-state index contributed by atoms with van der Waals surface area (Å²) in [5, 5.41) is 3.58. The van der Waals surface area contributed by atoms with Crippen molar-refractivity contribution >= 4 is 15.9 Å². The predicted molar refractivity (Wildman–Crippen MR) is 85.3 cm³/mol. The van der Waals surface area contributed by atoms with Crippen LogP contribution in [0.2, 0.25) is 0 Å². The molecule has 0 fully saturated rings. The van der Waals surface area contributed by atoms with Crippen molar-refractivity contribution in [2.24, 2.45) is 0 Å². The number of hydrogen-bond acceptors (Lipinski definition) is 1. The van der Waals surface area contributed by atoms with Gasteiger partial charge >= 0.3 is 0 Å². The molecule has 0 bridgehead atoms. The molecule has 1 unspecified atom stereocenters. The number of aryl methyl sites for hydroxylation is 2. The van der Waals surface area contributed by atoms with Crippen LogP contribution in [-0.2, 0) is 6.54 Å². The summed E-state index contributed by atoms with van der Waals surface area (Å²) in [6.07, 6.45) is 0. The molecule has 2 aromatic rings. The summed E-state index contributed by atoms with van der Waals surface area (Å²) in [6.45, 7) is 7.42. The lowest BCUT2D eigenvalue weighted by Crippen LogP contribution is -2.18. The summed E-state index contributed by atoms with van der Waals surface area (Å²) in [5.74, 6) is 0. The molecule has 0 heterocycles. The van der Waals surface area contributed by atoms with Gasteiger partial charge in [0, 0.05) is 17.1 Å². The van der Waals surface area contributed by atoms with Gasteiger partial charge in [0.1, 0.15) is 0 Å². The Balaban J connectivity index is 2.00. The minimum absolute atomic E-state index is 0.355. The molecule has 2 aromatic carbocycles. The molecule has 0 amide bonds. The molecule has 0 saturated heterocycles. The minimum Gasteiger partial charge on any atom is -0.306 e. The Morgan fingerprint density at radius 2 is 1.74 bits per heavy atom. The molecule has 0 radical (unpaired) electrons. The average molecular weight is 318 g/mol. The van der Waals surface area contributed by atoms with E-state index in [4.69, 9.17) is 0 Å². The average Bonchev–Trinajstić information content (AvgIpc) is 2.38. The van der Waals surface area contributed by atoms with Gasteiger partial charge in [0.05, 0.1) is 0 Å². The SMILES string of the molecule is Cc1ccc(CNC(C)c2ccc(Br)cc2)c(C)c1. The van der Waals surface area contributed by atoms with E-state index in [0.29, 0.717) is 6.04 Å². The van der Waals surface area contributed by atoms with Crippen molar-refractivity contribution in [1.82, 2.24) is 5.32 Å². The van der Waals surface area contributed by atoms with Crippen molar-refractivity contribution in [2.45, 2.75) is 33.4 Å². The van der Waals surface area contributed by atoms with E-state index in [-0.39, 0.29) is 0 Å². The van der Waals surface area contributed by atoms with E-state index in [0.717, 1.165) is 11.0 Å². The zero-order chi connectivity index (χ0) is 13.8. The molecule has 1 nitrogen and oxygen atoms in total. The Kier molecular flexibility index (Phi) is 4.78. The third kappa shape index (κ3) is 3.92. The summed E-state index contributed by atoms with van der Waals surface area (Å²) in [5.41, 5.74) is 5.36. The third-order valence-corrected chi connectivity index (χ3v) is 4.00. The summed E-state index contributed by atoms with van der Waals surface area (Å²) in [6, 6.07) is 15.5. The van der Waals surface area contributed by atoms with Crippen molar-refractivity contribution in [3.05, 3.63) is 69.2 Å². The topological polar surface area (TPSA) is 12.0 Å². The molecule has 2 rings (SSSR count). The first-order valence-electron chi connectivity index (χ1n) is 6.61. The number of halogens is 1. The van der Waals surface area contributed by atoms with E-state index < -0.39 is 0 Å². The molecule has 1 N–H and O–H groups in total. The molecule has 2 heteroatoms. The Hall–Kier alpha value is -1.12. The summed E-state index contributed by atoms with van der Waals surface area (Å²) < 4.78 is 1.12. The number of rotatable bonds is 4. The highest BCUT2D eigenvalue weighted by Gasteiger charge is 2.05. The van der Waals surface area contributed by atoms with Crippen LogP contribution in [0.4, 0.5) is 0 Å². The number of benzene rings is 2. The van der Waals surface area contributed by atoms with Crippen LogP contribution in [0.1, 0.15) is 35.2 Å². The molecule has 0 spiro atoms. The lowest BCUT2D eigenvalue weighted by Gasteiger charge is -2.16. The Morgan fingerprint density at radius 1 is 1.05 bits per heavy atom. The van der Waals surface area contributed by atoms with Gasteiger partial charge in [-0.1, -0.05) is 51.8 Å². The van der Waals surface area contributed by atoms with Crippen molar-refractivity contribution < 1.29 is 0 Å². The molecule has 100 valence electrons. The molecule has 0 aliphatic heterocycles. The fourth-order valence-corrected chi connectivity index (χ4v) is 2.44. The standard InChI is InChI=1S/C17H20BrN/c1-12-4-5-16(13(2)10-12)11-19-14(3)15-6-8-17(18)9-7-15/h4-10,14,19H,11H2,1-3H3. The van der Waals surface area contributed by atoms with E-state index in [9.17, 15) is 0 Å². The Morgan fingerprint density at radius 3 is 2.37 bits per heavy atom. The Bertz CT molecular complexity index is 546. The minimum atomic E-state index is 0.355. The molecule has 19 heavy (non-hydrogen) atoms. The molecule has 0 aromatic heterocycles. The summed E-state index contributed by atoms with van der Waals surface area (Å²) >= 11 is 3.47. The normalized spacial score (nSPS) is 12.4. The number of hydrogen-bond donors (Lipinski definition) is 1. The van der Waals surface area contributed by atoms with E-state index in [1.54, 1.807) is 0 Å². The zero-order valence-electron chi connectivity index (χ0n) is 11.7. The van der Waals surface area contributed by atoms with Gasteiger partial charge in [-0.05, 0) is 49.6 Å². The molecule has 0 aliphatic rings. The van der Waals surface area contributed by atoms with Crippen molar-refractivity contribution in [3.63, 3.8) is 0 Å². The largest absolute Gasteiger partial charge is 0.306 e. The monoisotopic (exact) mass is 317 g/mol. The van der Waals surface area contributed by atoms with Gasteiger partial charge in [-0.3, -0.25) is 0 Å². The van der Waals surface area contributed by atoms with Crippen LogP contribution in [0.15, 0.2) is 46.9 Å². The fraction of sp³-hybridized carbons (Fsp3) is 0.294.